The normalized spacial score (nSPS) is 12.2. The first-order valence-electron chi connectivity index (χ1n) is 8.36. The van der Waals surface area contributed by atoms with E-state index in [0.29, 0.717) is 5.75 Å². The summed E-state index contributed by atoms with van der Waals surface area (Å²) in [6.07, 6.45) is 6.16. The second kappa shape index (κ2) is 10.7. The van der Waals surface area contributed by atoms with Crippen molar-refractivity contribution in [3.05, 3.63) is 77.9 Å². The average Bonchev–Trinajstić information content (AvgIpc) is 2.61. The first-order chi connectivity index (χ1) is 11.7. The number of nitrogens with one attached hydrogen (secondary N) is 1. The highest BCUT2D eigenvalue weighted by Crippen LogP contribution is 2.07. The van der Waals surface area contributed by atoms with Crippen molar-refractivity contribution >= 4 is 23.7 Å². The van der Waals surface area contributed by atoms with Gasteiger partial charge in [0, 0.05) is 11.8 Å². The Bertz CT molecular complexity index is 625. The Balaban J connectivity index is 1.58. The van der Waals surface area contributed by atoms with Gasteiger partial charge in [0.1, 0.15) is 0 Å². The molecule has 1 N–H and O–H groups in total. The molecular formula is C21H25NOS. The van der Waals surface area contributed by atoms with Gasteiger partial charge in [-0.3, -0.25) is 4.79 Å². The largest absolute Gasteiger partial charge is 0.353 e. The van der Waals surface area contributed by atoms with E-state index in [0.717, 1.165) is 18.6 Å². The van der Waals surface area contributed by atoms with Gasteiger partial charge in [0.2, 0.25) is 5.91 Å². The monoisotopic (exact) mass is 339 g/mol. The summed E-state index contributed by atoms with van der Waals surface area (Å²) in [5.74, 6) is 1.48. The molecule has 0 aliphatic heterocycles. The Labute approximate surface area is 149 Å². The second-order valence-electron chi connectivity index (χ2n) is 5.82. The average molecular weight is 340 g/mol. The van der Waals surface area contributed by atoms with Gasteiger partial charge in [-0.05, 0) is 30.9 Å². The van der Waals surface area contributed by atoms with Crippen LogP contribution in [-0.2, 0) is 11.2 Å². The summed E-state index contributed by atoms with van der Waals surface area (Å²) >= 11 is 1.64. The zero-order valence-corrected chi connectivity index (χ0v) is 15.0. The summed E-state index contributed by atoms with van der Waals surface area (Å²) in [5, 5.41) is 3.07. The molecule has 0 bridgehead atoms. The van der Waals surface area contributed by atoms with Gasteiger partial charge in [-0.2, -0.15) is 0 Å². The molecule has 2 aromatic rings. The maximum Gasteiger partial charge on any atom is 0.230 e. The van der Waals surface area contributed by atoms with E-state index < -0.39 is 0 Å². The van der Waals surface area contributed by atoms with Crippen LogP contribution in [0.4, 0.5) is 0 Å². The van der Waals surface area contributed by atoms with Crippen LogP contribution in [0.3, 0.4) is 0 Å². The highest BCUT2D eigenvalue weighted by molar-refractivity contribution is 8.00. The van der Waals surface area contributed by atoms with Gasteiger partial charge in [-0.25, -0.2) is 0 Å². The summed E-state index contributed by atoms with van der Waals surface area (Å²) in [6, 6.07) is 20.8. The van der Waals surface area contributed by atoms with Gasteiger partial charge in [-0.15, -0.1) is 11.8 Å². The van der Waals surface area contributed by atoms with Gasteiger partial charge >= 0.3 is 0 Å². The van der Waals surface area contributed by atoms with Crippen LogP contribution in [0.1, 0.15) is 24.5 Å². The zero-order chi connectivity index (χ0) is 17.0. The molecule has 3 heteroatoms. The van der Waals surface area contributed by atoms with Crippen LogP contribution in [-0.4, -0.2) is 23.5 Å². The van der Waals surface area contributed by atoms with Crippen molar-refractivity contribution in [2.45, 2.75) is 25.8 Å². The van der Waals surface area contributed by atoms with Crippen LogP contribution in [0.25, 0.3) is 6.08 Å². The van der Waals surface area contributed by atoms with Crippen molar-refractivity contribution in [2.24, 2.45) is 0 Å². The first-order valence-corrected chi connectivity index (χ1v) is 9.52. The second-order valence-corrected chi connectivity index (χ2v) is 6.85. The van der Waals surface area contributed by atoms with E-state index in [1.807, 2.05) is 24.3 Å². The van der Waals surface area contributed by atoms with Crippen molar-refractivity contribution in [1.29, 1.82) is 0 Å². The number of carbonyl (C=O) groups excluding carboxylic acids is 1. The highest BCUT2D eigenvalue weighted by atomic mass is 32.2. The van der Waals surface area contributed by atoms with E-state index in [9.17, 15) is 4.79 Å². The lowest BCUT2D eigenvalue weighted by Gasteiger charge is -2.13. The third-order valence-corrected chi connectivity index (χ3v) is 4.57. The molecule has 2 rings (SSSR count). The maximum absolute atomic E-state index is 11.9. The summed E-state index contributed by atoms with van der Waals surface area (Å²) in [7, 11) is 0. The van der Waals surface area contributed by atoms with Crippen LogP contribution < -0.4 is 5.32 Å². The number of hydrogen-bond donors (Lipinski definition) is 1. The fourth-order valence-corrected chi connectivity index (χ4v) is 3.00. The molecule has 0 saturated heterocycles. The van der Waals surface area contributed by atoms with Crippen molar-refractivity contribution in [3.63, 3.8) is 0 Å². The molecule has 0 spiro atoms. The molecular weight excluding hydrogens is 314 g/mol. The standard InChI is InChI=1S/C21H25NOS/c1-18(14-15-20-11-6-3-7-12-20)22-21(23)17-24-16-8-13-19-9-4-2-5-10-19/h2-13,18H,14-17H2,1H3,(H,22,23). The van der Waals surface area contributed by atoms with E-state index in [2.05, 4.69) is 60.8 Å². The van der Waals surface area contributed by atoms with Crippen LogP contribution >= 0.6 is 11.8 Å². The Kier molecular flexibility index (Phi) is 8.19. The van der Waals surface area contributed by atoms with Crippen molar-refractivity contribution in [2.75, 3.05) is 11.5 Å². The number of carbonyl (C=O) groups is 1. The van der Waals surface area contributed by atoms with Crippen LogP contribution in [0.5, 0.6) is 0 Å². The molecule has 0 fully saturated rings. The van der Waals surface area contributed by atoms with Crippen molar-refractivity contribution in [1.82, 2.24) is 5.32 Å². The summed E-state index contributed by atoms with van der Waals surface area (Å²) in [6.45, 7) is 2.07. The number of benzene rings is 2. The van der Waals surface area contributed by atoms with E-state index in [1.165, 1.54) is 11.1 Å². The quantitative estimate of drug-likeness (QED) is 0.678. The lowest BCUT2D eigenvalue weighted by atomic mass is 10.1. The third-order valence-electron chi connectivity index (χ3n) is 3.67. The molecule has 2 aromatic carbocycles. The fourth-order valence-electron chi connectivity index (χ4n) is 2.38. The highest BCUT2D eigenvalue weighted by Gasteiger charge is 2.07. The van der Waals surface area contributed by atoms with E-state index in [4.69, 9.17) is 0 Å². The molecule has 0 aliphatic carbocycles. The number of aryl methyl sites for hydroxylation is 1. The smallest absolute Gasteiger partial charge is 0.230 e. The predicted octanol–water partition coefficient (Wildman–Crippen LogP) is 4.57. The lowest BCUT2D eigenvalue weighted by molar-refractivity contribution is -0.119. The van der Waals surface area contributed by atoms with E-state index >= 15 is 0 Å². The van der Waals surface area contributed by atoms with Gasteiger partial charge in [0.05, 0.1) is 5.75 Å². The minimum Gasteiger partial charge on any atom is -0.353 e. The van der Waals surface area contributed by atoms with Crippen LogP contribution in [0, 0.1) is 0 Å². The number of hydrogen-bond acceptors (Lipinski definition) is 2. The van der Waals surface area contributed by atoms with Gasteiger partial charge < -0.3 is 5.32 Å². The number of thioether (sulfide) groups is 1. The first kappa shape index (κ1) is 18.3. The molecule has 24 heavy (non-hydrogen) atoms. The van der Waals surface area contributed by atoms with Crippen LogP contribution in [0.15, 0.2) is 66.7 Å². The molecule has 0 heterocycles. The fraction of sp³-hybridized carbons (Fsp3) is 0.286. The summed E-state index contributed by atoms with van der Waals surface area (Å²) in [4.78, 5) is 11.9. The number of rotatable bonds is 9. The molecule has 0 aromatic heterocycles. The predicted molar refractivity (Wildman–Crippen MR) is 105 cm³/mol. The zero-order valence-electron chi connectivity index (χ0n) is 14.2. The Morgan fingerprint density at radius 3 is 2.46 bits per heavy atom. The maximum atomic E-state index is 11.9. The van der Waals surface area contributed by atoms with Crippen molar-refractivity contribution in [3.8, 4) is 0 Å². The Morgan fingerprint density at radius 2 is 1.75 bits per heavy atom. The summed E-state index contributed by atoms with van der Waals surface area (Å²) in [5.41, 5.74) is 2.51. The Hall–Kier alpha value is -2.00. The Morgan fingerprint density at radius 1 is 1.08 bits per heavy atom. The summed E-state index contributed by atoms with van der Waals surface area (Å²) < 4.78 is 0. The van der Waals surface area contributed by atoms with Gasteiger partial charge in [0.15, 0.2) is 0 Å². The SMILES string of the molecule is CC(CCc1ccccc1)NC(=O)CSCC=Cc1ccccc1. The molecule has 0 aliphatic rings. The minimum absolute atomic E-state index is 0.119. The number of amides is 1. The van der Waals surface area contributed by atoms with Gasteiger partial charge in [0.25, 0.3) is 0 Å². The molecule has 1 atom stereocenters. The van der Waals surface area contributed by atoms with Gasteiger partial charge in [-0.1, -0.05) is 72.8 Å². The lowest BCUT2D eigenvalue weighted by Crippen LogP contribution is -2.34. The topological polar surface area (TPSA) is 29.1 Å². The minimum atomic E-state index is 0.119. The van der Waals surface area contributed by atoms with E-state index in [-0.39, 0.29) is 11.9 Å². The van der Waals surface area contributed by atoms with Crippen molar-refractivity contribution < 1.29 is 4.79 Å². The third kappa shape index (κ3) is 7.51. The molecule has 0 saturated carbocycles. The molecule has 1 amide bonds. The van der Waals surface area contributed by atoms with Crippen LogP contribution in [0.2, 0.25) is 0 Å². The molecule has 2 nitrogen and oxygen atoms in total. The van der Waals surface area contributed by atoms with E-state index in [1.54, 1.807) is 11.8 Å². The molecule has 1 unspecified atom stereocenters. The molecule has 0 radical (unpaired) electrons. The molecule has 126 valence electrons.